The second-order valence-electron chi connectivity index (χ2n) is 7.21. The fraction of sp³-hybridized carbons (Fsp3) is 0.318. The lowest BCUT2D eigenvalue weighted by molar-refractivity contribution is -0.134. The zero-order chi connectivity index (χ0) is 20.8. The number of thiazole rings is 1. The number of piperazine rings is 1. The molecule has 2 amide bonds. The van der Waals surface area contributed by atoms with Gasteiger partial charge in [-0.2, -0.15) is 0 Å². The van der Waals surface area contributed by atoms with E-state index >= 15 is 0 Å². The Labute approximate surface area is 179 Å². The minimum atomic E-state index is -0.474. The molecule has 1 aliphatic rings. The summed E-state index contributed by atoms with van der Waals surface area (Å²) in [4.78, 5) is 31.5. The van der Waals surface area contributed by atoms with E-state index in [1.165, 1.54) is 0 Å². The van der Waals surface area contributed by atoms with Gasteiger partial charge in [-0.3, -0.25) is 14.5 Å². The first-order valence-corrected chi connectivity index (χ1v) is 10.9. The topological polar surface area (TPSA) is 87.5 Å². The number of carbonyl (C=O) groups is 2. The number of amides is 2. The molecule has 4 rings (SSSR count). The van der Waals surface area contributed by atoms with Gasteiger partial charge in [0.05, 0.1) is 35.7 Å². The minimum Gasteiger partial charge on any atom is -0.472 e. The van der Waals surface area contributed by atoms with Crippen molar-refractivity contribution in [3.05, 3.63) is 64.9 Å². The van der Waals surface area contributed by atoms with E-state index in [0.29, 0.717) is 32.6 Å². The van der Waals surface area contributed by atoms with Crippen molar-refractivity contribution in [1.29, 1.82) is 0 Å². The fourth-order valence-corrected chi connectivity index (χ4v) is 4.32. The molecule has 1 unspecified atom stereocenters. The molecule has 1 fully saturated rings. The summed E-state index contributed by atoms with van der Waals surface area (Å²) in [7, 11) is 0. The van der Waals surface area contributed by atoms with Crippen molar-refractivity contribution in [2.45, 2.75) is 25.4 Å². The SMILES string of the molecule is O=C(CC1C(=O)NCCN1Cc1ccoc1)NCCc1nc(-c2ccccc2)cs1. The van der Waals surface area contributed by atoms with Crippen LogP contribution in [0.3, 0.4) is 0 Å². The zero-order valence-electron chi connectivity index (χ0n) is 16.5. The summed E-state index contributed by atoms with van der Waals surface area (Å²) >= 11 is 1.59. The lowest BCUT2D eigenvalue weighted by Crippen LogP contribution is -2.56. The van der Waals surface area contributed by atoms with Gasteiger partial charge < -0.3 is 15.1 Å². The summed E-state index contributed by atoms with van der Waals surface area (Å²) in [6.45, 7) is 2.37. The van der Waals surface area contributed by atoms with Crippen LogP contribution in [0.15, 0.2) is 58.7 Å². The fourth-order valence-electron chi connectivity index (χ4n) is 3.51. The van der Waals surface area contributed by atoms with E-state index in [1.807, 2.05) is 46.7 Å². The van der Waals surface area contributed by atoms with Crippen molar-refractivity contribution in [3.63, 3.8) is 0 Å². The lowest BCUT2D eigenvalue weighted by atomic mass is 10.1. The summed E-state index contributed by atoms with van der Waals surface area (Å²) in [6.07, 6.45) is 4.08. The predicted molar refractivity (Wildman–Crippen MR) is 115 cm³/mol. The number of benzene rings is 1. The first-order chi connectivity index (χ1) is 14.7. The average molecular weight is 425 g/mol. The van der Waals surface area contributed by atoms with Gasteiger partial charge in [0, 0.05) is 49.1 Å². The van der Waals surface area contributed by atoms with Crippen molar-refractivity contribution in [2.75, 3.05) is 19.6 Å². The van der Waals surface area contributed by atoms with E-state index in [1.54, 1.807) is 23.9 Å². The molecular formula is C22H24N4O3S. The van der Waals surface area contributed by atoms with Crippen LogP contribution in [-0.2, 0) is 22.6 Å². The van der Waals surface area contributed by atoms with Gasteiger partial charge in [-0.05, 0) is 6.07 Å². The Hall–Kier alpha value is -2.97. The first-order valence-electron chi connectivity index (χ1n) is 9.98. The third kappa shape index (κ3) is 5.14. The number of carbonyl (C=O) groups excluding carboxylic acids is 2. The second-order valence-corrected chi connectivity index (χ2v) is 8.15. The van der Waals surface area contributed by atoms with Gasteiger partial charge in [-0.25, -0.2) is 4.98 Å². The summed E-state index contributed by atoms with van der Waals surface area (Å²) in [6, 6.07) is 11.4. The molecule has 0 saturated carbocycles. The summed E-state index contributed by atoms with van der Waals surface area (Å²) in [5.74, 6) is -0.235. The maximum Gasteiger partial charge on any atom is 0.237 e. The van der Waals surface area contributed by atoms with Gasteiger partial charge in [0.25, 0.3) is 0 Å². The molecule has 0 radical (unpaired) electrons. The molecule has 0 spiro atoms. The van der Waals surface area contributed by atoms with Crippen LogP contribution < -0.4 is 10.6 Å². The molecule has 1 aliphatic heterocycles. The standard InChI is InChI=1S/C22H24N4O3S/c27-20(12-19-22(28)24-9-10-26(19)13-16-7-11-29-14-16)23-8-6-21-25-18(15-30-21)17-4-2-1-3-5-17/h1-5,7,11,14-15,19H,6,8-10,12-13H2,(H,23,27)(H,24,28). The number of furan rings is 1. The van der Waals surface area contributed by atoms with Crippen LogP contribution in [0.25, 0.3) is 11.3 Å². The Balaban J connectivity index is 1.27. The van der Waals surface area contributed by atoms with Crippen LogP contribution >= 0.6 is 11.3 Å². The number of nitrogens with zero attached hydrogens (tertiary/aromatic N) is 2. The van der Waals surface area contributed by atoms with Gasteiger partial charge >= 0.3 is 0 Å². The Morgan fingerprint density at radius 2 is 2.17 bits per heavy atom. The maximum atomic E-state index is 12.5. The summed E-state index contributed by atoms with van der Waals surface area (Å²) in [5, 5.41) is 8.80. The highest BCUT2D eigenvalue weighted by molar-refractivity contribution is 7.09. The van der Waals surface area contributed by atoms with Crippen LogP contribution in [-0.4, -0.2) is 47.4 Å². The monoisotopic (exact) mass is 424 g/mol. The molecule has 1 aromatic carbocycles. The Morgan fingerprint density at radius 3 is 2.97 bits per heavy atom. The van der Waals surface area contributed by atoms with Gasteiger partial charge in [-0.15, -0.1) is 11.3 Å². The summed E-state index contributed by atoms with van der Waals surface area (Å²) in [5.41, 5.74) is 3.04. The Bertz CT molecular complexity index is 971. The number of hydrogen-bond donors (Lipinski definition) is 2. The summed E-state index contributed by atoms with van der Waals surface area (Å²) < 4.78 is 5.11. The number of aromatic nitrogens is 1. The predicted octanol–water partition coefficient (Wildman–Crippen LogP) is 2.45. The van der Waals surface area contributed by atoms with Crippen LogP contribution in [0.4, 0.5) is 0 Å². The number of hydrogen-bond acceptors (Lipinski definition) is 6. The van der Waals surface area contributed by atoms with Crippen molar-refractivity contribution >= 4 is 23.2 Å². The molecule has 0 aliphatic carbocycles. The van der Waals surface area contributed by atoms with E-state index in [0.717, 1.165) is 21.8 Å². The molecule has 7 nitrogen and oxygen atoms in total. The van der Waals surface area contributed by atoms with Crippen LogP contribution in [0.1, 0.15) is 17.0 Å². The lowest BCUT2D eigenvalue weighted by Gasteiger charge is -2.34. The van der Waals surface area contributed by atoms with Gasteiger partial charge in [0.15, 0.2) is 0 Å². The molecule has 1 atom stereocenters. The normalized spacial score (nSPS) is 16.9. The van der Waals surface area contributed by atoms with Crippen LogP contribution in [0.5, 0.6) is 0 Å². The molecule has 8 heteroatoms. The van der Waals surface area contributed by atoms with E-state index in [4.69, 9.17) is 4.42 Å². The highest BCUT2D eigenvalue weighted by Gasteiger charge is 2.31. The molecule has 156 valence electrons. The maximum absolute atomic E-state index is 12.5. The molecule has 2 aromatic heterocycles. The molecule has 2 N–H and O–H groups in total. The first kappa shape index (κ1) is 20.3. The van der Waals surface area contributed by atoms with E-state index in [2.05, 4.69) is 15.6 Å². The highest BCUT2D eigenvalue weighted by Crippen LogP contribution is 2.21. The molecular weight excluding hydrogens is 400 g/mol. The van der Waals surface area contributed by atoms with E-state index in [9.17, 15) is 9.59 Å². The third-order valence-corrected chi connectivity index (χ3v) is 5.98. The molecule has 3 heterocycles. The van der Waals surface area contributed by atoms with E-state index < -0.39 is 6.04 Å². The van der Waals surface area contributed by atoms with Crippen LogP contribution in [0.2, 0.25) is 0 Å². The van der Waals surface area contributed by atoms with Crippen molar-refractivity contribution in [2.24, 2.45) is 0 Å². The third-order valence-electron chi connectivity index (χ3n) is 5.07. The largest absolute Gasteiger partial charge is 0.472 e. The van der Waals surface area contributed by atoms with Gasteiger partial charge in [-0.1, -0.05) is 30.3 Å². The van der Waals surface area contributed by atoms with Crippen molar-refractivity contribution in [3.8, 4) is 11.3 Å². The molecule has 30 heavy (non-hydrogen) atoms. The van der Waals surface area contributed by atoms with Crippen molar-refractivity contribution < 1.29 is 14.0 Å². The van der Waals surface area contributed by atoms with Crippen LogP contribution in [0, 0.1) is 0 Å². The smallest absolute Gasteiger partial charge is 0.237 e. The highest BCUT2D eigenvalue weighted by atomic mass is 32.1. The quantitative estimate of drug-likeness (QED) is 0.580. The number of rotatable bonds is 8. The molecule has 3 aromatic rings. The number of nitrogens with one attached hydrogen (secondary N) is 2. The minimum absolute atomic E-state index is 0.104. The Kier molecular flexibility index (Phi) is 6.56. The van der Waals surface area contributed by atoms with E-state index in [-0.39, 0.29) is 18.2 Å². The second kappa shape index (κ2) is 9.69. The van der Waals surface area contributed by atoms with Gasteiger partial charge in [0.2, 0.25) is 11.8 Å². The molecule has 1 saturated heterocycles. The Morgan fingerprint density at radius 1 is 1.30 bits per heavy atom. The van der Waals surface area contributed by atoms with Crippen molar-refractivity contribution in [1.82, 2.24) is 20.5 Å². The zero-order valence-corrected chi connectivity index (χ0v) is 17.4. The molecule has 0 bridgehead atoms. The van der Waals surface area contributed by atoms with Gasteiger partial charge in [0.1, 0.15) is 0 Å². The average Bonchev–Trinajstić information content (AvgIpc) is 3.44.